The molecule has 1 aliphatic rings. The smallest absolute Gasteiger partial charge is 0.250 e. The summed E-state index contributed by atoms with van der Waals surface area (Å²) in [6, 6.07) is 9.43. The number of hydrogen-bond donors (Lipinski definition) is 3. The highest BCUT2D eigenvalue weighted by Gasteiger charge is 2.31. The van der Waals surface area contributed by atoms with Crippen molar-refractivity contribution in [1.82, 2.24) is 9.38 Å². The zero-order valence-corrected chi connectivity index (χ0v) is 14.2. The van der Waals surface area contributed by atoms with Crippen molar-refractivity contribution >= 4 is 17.2 Å². The molecule has 1 aromatic carbocycles. The molecule has 3 aromatic rings. The molecule has 0 bridgehead atoms. The number of primary amides is 1. The van der Waals surface area contributed by atoms with Crippen LogP contribution in [-0.2, 0) is 6.42 Å². The third kappa shape index (κ3) is 2.46. The Morgan fingerprint density at radius 1 is 1.36 bits per heavy atom. The Bertz CT molecular complexity index is 992. The first-order valence-electron chi connectivity index (χ1n) is 8.27. The van der Waals surface area contributed by atoms with Crippen LogP contribution in [0.15, 0.2) is 36.5 Å². The highest BCUT2D eigenvalue weighted by molar-refractivity contribution is 5.94. The predicted octanol–water partition coefficient (Wildman–Crippen LogP) is 2.12. The number of anilines is 1. The van der Waals surface area contributed by atoms with Crippen LogP contribution in [0.1, 0.15) is 38.9 Å². The molecule has 2 unspecified atom stereocenters. The van der Waals surface area contributed by atoms with Crippen LogP contribution in [0.3, 0.4) is 0 Å². The summed E-state index contributed by atoms with van der Waals surface area (Å²) < 4.78 is 1.87. The molecule has 2 aromatic heterocycles. The fraction of sp³-hybridized carbons (Fsp3) is 0.263. The number of aliphatic hydroxyl groups is 1. The van der Waals surface area contributed by atoms with Crippen LogP contribution in [0.5, 0.6) is 0 Å². The summed E-state index contributed by atoms with van der Waals surface area (Å²) in [6.45, 7) is 3.87. The number of rotatable bonds is 3. The third-order valence-electron chi connectivity index (χ3n) is 5.00. The highest BCUT2D eigenvalue weighted by Crippen LogP contribution is 2.35. The Morgan fingerprint density at radius 2 is 2.12 bits per heavy atom. The molecule has 1 aliphatic carbocycles. The lowest BCUT2D eigenvalue weighted by Crippen LogP contribution is -2.22. The van der Waals surface area contributed by atoms with Gasteiger partial charge in [-0.3, -0.25) is 4.79 Å². The molecule has 0 spiro atoms. The lowest BCUT2D eigenvalue weighted by Gasteiger charge is -2.20. The number of benzene rings is 1. The van der Waals surface area contributed by atoms with E-state index in [0.717, 1.165) is 28.2 Å². The van der Waals surface area contributed by atoms with Gasteiger partial charge in [-0.25, -0.2) is 4.98 Å². The van der Waals surface area contributed by atoms with E-state index in [2.05, 4.69) is 10.3 Å². The molecule has 25 heavy (non-hydrogen) atoms. The topological polar surface area (TPSA) is 92.7 Å². The van der Waals surface area contributed by atoms with Crippen molar-refractivity contribution in [1.29, 1.82) is 0 Å². The number of nitrogens with two attached hydrogens (primary N) is 1. The maximum absolute atomic E-state index is 11.7. The van der Waals surface area contributed by atoms with Crippen LogP contribution in [0.25, 0.3) is 5.65 Å². The summed E-state index contributed by atoms with van der Waals surface area (Å²) in [6.07, 6.45) is 1.77. The number of pyridine rings is 1. The van der Waals surface area contributed by atoms with E-state index in [1.807, 2.05) is 42.5 Å². The first-order chi connectivity index (χ1) is 12.0. The van der Waals surface area contributed by atoms with Gasteiger partial charge in [0.1, 0.15) is 0 Å². The Hall–Kier alpha value is -2.86. The third-order valence-corrected chi connectivity index (χ3v) is 5.00. The van der Waals surface area contributed by atoms with E-state index in [1.54, 1.807) is 12.3 Å². The largest absolute Gasteiger partial charge is 0.390 e. The van der Waals surface area contributed by atoms with Crippen LogP contribution in [0.2, 0.25) is 0 Å². The van der Waals surface area contributed by atoms with E-state index in [-0.39, 0.29) is 6.04 Å². The molecule has 4 rings (SSSR count). The van der Waals surface area contributed by atoms with Crippen LogP contribution < -0.4 is 11.1 Å². The van der Waals surface area contributed by atoms with E-state index in [0.29, 0.717) is 17.7 Å². The summed E-state index contributed by atoms with van der Waals surface area (Å²) in [5, 5.41) is 13.9. The van der Waals surface area contributed by atoms with Gasteiger partial charge in [-0.05, 0) is 31.0 Å². The van der Waals surface area contributed by atoms with Crippen molar-refractivity contribution in [2.75, 3.05) is 5.32 Å². The Morgan fingerprint density at radius 3 is 2.88 bits per heavy atom. The molecule has 0 fully saturated rings. The normalized spacial score (nSPS) is 19.2. The van der Waals surface area contributed by atoms with Gasteiger partial charge in [-0.2, -0.15) is 0 Å². The van der Waals surface area contributed by atoms with Gasteiger partial charge in [0.15, 0.2) is 5.65 Å². The molecule has 0 radical (unpaired) electrons. The van der Waals surface area contributed by atoms with Gasteiger partial charge in [0.05, 0.1) is 29.1 Å². The van der Waals surface area contributed by atoms with Crippen LogP contribution >= 0.6 is 0 Å². The number of nitrogens with one attached hydrogen (secondary N) is 1. The first kappa shape index (κ1) is 15.7. The molecule has 2 atom stereocenters. The lowest BCUT2D eigenvalue weighted by molar-refractivity contribution is 0.1000. The van der Waals surface area contributed by atoms with Crippen molar-refractivity contribution in [3.8, 4) is 0 Å². The number of aliphatic hydroxyl groups excluding tert-OH is 1. The SMILES string of the molecule is Cc1nc2c(NC3c4ccccc4CC3O)cc(C(N)=O)cn2c1C. The number of aromatic nitrogens is 2. The number of carbonyl (C=O) groups is 1. The molecular formula is C19H20N4O2. The molecule has 128 valence electrons. The molecule has 6 heteroatoms. The lowest BCUT2D eigenvalue weighted by atomic mass is 10.1. The van der Waals surface area contributed by atoms with Gasteiger partial charge in [-0.15, -0.1) is 0 Å². The monoisotopic (exact) mass is 336 g/mol. The van der Waals surface area contributed by atoms with E-state index >= 15 is 0 Å². The molecule has 1 amide bonds. The quantitative estimate of drug-likeness (QED) is 0.683. The number of hydrogen-bond acceptors (Lipinski definition) is 4. The zero-order valence-electron chi connectivity index (χ0n) is 14.2. The summed E-state index contributed by atoms with van der Waals surface area (Å²) in [4.78, 5) is 16.3. The maximum atomic E-state index is 11.7. The van der Waals surface area contributed by atoms with Crippen LogP contribution in [-0.4, -0.2) is 26.5 Å². The van der Waals surface area contributed by atoms with Crippen molar-refractivity contribution in [2.45, 2.75) is 32.4 Å². The molecule has 0 saturated carbocycles. The highest BCUT2D eigenvalue weighted by atomic mass is 16.3. The molecule has 6 nitrogen and oxygen atoms in total. The van der Waals surface area contributed by atoms with Gasteiger partial charge < -0.3 is 20.6 Å². The van der Waals surface area contributed by atoms with Gasteiger partial charge in [0, 0.05) is 18.3 Å². The number of carbonyl (C=O) groups excluding carboxylic acids is 1. The molecule has 2 heterocycles. The second-order valence-corrected chi connectivity index (χ2v) is 6.58. The Kier molecular flexibility index (Phi) is 3.51. The van der Waals surface area contributed by atoms with Crippen LogP contribution in [0, 0.1) is 13.8 Å². The van der Waals surface area contributed by atoms with Gasteiger partial charge in [0.25, 0.3) is 0 Å². The number of fused-ring (bicyclic) bond motifs is 2. The molecule has 4 N–H and O–H groups in total. The molecule has 0 aliphatic heterocycles. The number of amides is 1. The van der Waals surface area contributed by atoms with E-state index < -0.39 is 12.0 Å². The first-order valence-corrected chi connectivity index (χ1v) is 8.27. The molecular weight excluding hydrogens is 316 g/mol. The van der Waals surface area contributed by atoms with E-state index in [9.17, 15) is 9.90 Å². The van der Waals surface area contributed by atoms with Gasteiger partial charge in [-0.1, -0.05) is 24.3 Å². The number of nitrogens with zero attached hydrogens (tertiary/aromatic N) is 2. The summed E-state index contributed by atoms with van der Waals surface area (Å²) >= 11 is 0. The minimum absolute atomic E-state index is 0.250. The number of aryl methyl sites for hydroxylation is 2. The van der Waals surface area contributed by atoms with Crippen molar-refractivity contribution in [3.63, 3.8) is 0 Å². The Balaban J connectivity index is 1.84. The fourth-order valence-electron chi connectivity index (χ4n) is 3.53. The van der Waals surface area contributed by atoms with Gasteiger partial charge in [0.2, 0.25) is 5.91 Å². The second-order valence-electron chi connectivity index (χ2n) is 6.58. The summed E-state index contributed by atoms with van der Waals surface area (Å²) in [5.74, 6) is -0.497. The fourth-order valence-corrected chi connectivity index (χ4v) is 3.53. The summed E-state index contributed by atoms with van der Waals surface area (Å²) in [7, 11) is 0. The summed E-state index contributed by atoms with van der Waals surface area (Å²) in [5.41, 5.74) is 11.3. The standard InChI is InChI=1S/C19H20N4O2/c1-10-11(2)23-9-13(18(20)25)7-15(19(23)21-10)22-17-14-6-4-3-5-12(14)8-16(17)24/h3-7,9,16-17,22,24H,8H2,1-2H3,(H2,20,25). The van der Waals surface area contributed by atoms with Crippen molar-refractivity contribution in [2.24, 2.45) is 5.73 Å². The average Bonchev–Trinajstić information content (AvgIpc) is 3.05. The van der Waals surface area contributed by atoms with Gasteiger partial charge >= 0.3 is 0 Å². The zero-order chi connectivity index (χ0) is 17.7. The second kappa shape index (κ2) is 5.60. The molecule has 0 saturated heterocycles. The predicted molar refractivity (Wildman–Crippen MR) is 95.7 cm³/mol. The van der Waals surface area contributed by atoms with Crippen molar-refractivity contribution < 1.29 is 9.90 Å². The maximum Gasteiger partial charge on any atom is 0.250 e. The minimum Gasteiger partial charge on any atom is -0.390 e. The average molecular weight is 336 g/mol. The van der Waals surface area contributed by atoms with Crippen LogP contribution in [0.4, 0.5) is 5.69 Å². The van der Waals surface area contributed by atoms with E-state index in [4.69, 9.17) is 5.73 Å². The Labute approximate surface area is 145 Å². The van der Waals surface area contributed by atoms with Crippen molar-refractivity contribution in [3.05, 3.63) is 64.6 Å². The van der Waals surface area contributed by atoms with E-state index in [1.165, 1.54) is 0 Å². The minimum atomic E-state index is -0.535. The number of imidazole rings is 1.